The first kappa shape index (κ1) is 26.1. The van der Waals surface area contributed by atoms with Gasteiger partial charge in [0, 0.05) is 11.1 Å². The van der Waals surface area contributed by atoms with Crippen molar-refractivity contribution in [3.05, 3.63) is 65.0 Å². The molecule has 0 saturated heterocycles. The van der Waals surface area contributed by atoms with Crippen molar-refractivity contribution in [3.63, 3.8) is 0 Å². The second-order valence-corrected chi connectivity index (χ2v) is 13.7. The normalized spacial score (nSPS) is 13.3. The van der Waals surface area contributed by atoms with E-state index in [2.05, 4.69) is 129 Å². The van der Waals surface area contributed by atoms with Crippen LogP contribution in [0.1, 0.15) is 105 Å². The first-order valence-corrected chi connectivity index (χ1v) is 12.4. The molecule has 0 saturated carbocycles. The summed E-state index contributed by atoms with van der Waals surface area (Å²) in [4.78, 5) is 14.3. The van der Waals surface area contributed by atoms with Gasteiger partial charge in [0.2, 0.25) is 0 Å². The van der Waals surface area contributed by atoms with E-state index in [1.54, 1.807) is 6.33 Å². The van der Waals surface area contributed by atoms with E-state index in [1.165, 1.54) is 22.3 Å². The summed E-state index contributed by atoms with van der Waals surface area (Å²) in [6, 6.07) is 13.5. The van der Waals surface area contributed by atoms with Gasteiger partial charge in [-0.3, -0.25) is 0 Å². The van der Waals surface area contributed by atoms with Crippen LogP contribution in [0.3, 0.4) is 0 Å². The molecule has 0 aliphatic carbocycles. The van der Waals surface area contributed by atoms with Crippen molar-refractivity contribution in [2.75, 3.05) is 0 Å². The number of aromatic nitrogens is 3. The second kappa shape index (κ2) is 8.59. The van der Waals surface area contributed by atoms with Crippen molar-refractivity contribution in [3.8, 4) is 22.8 Å². The Morgan fingerprint density at radius 1 is 0.471 bits per heavy atom. The second-order valence-electron chi connectivity index (χ2n) is 13.7. The van der Waals surface area contributed by atoms with Crippen LogP contribution in [0.5, 0.6) is 0 Å². The molecule has 3 aromatic rings. The van der Waals surface area contributed by atoms with E-state index in [9.17, 15) is 0 Å². The summed E-state index contributed by atoms with van der Waals surface area (Å²) in [7, 11) is 0. The average Bonchev–Trinajstić information content (AvgIpc) is 2.70. The van der Waals surface area contributed by atoms with Crippen LogP contribution in [0.2, 0.25) is 0 Å². The van der Waals surface area contributed by atoms with E-state index < -0.39 is 0 Å². The molecule has 0 fully saturated rings. The van der Waals surface area contributed by atoms with Gasteiger partial charge in [0.05, 0.1) is 0 Å². The molecule has 0 atom stereocenters. The quantitative estimate of drug-likeness (QED) is 0.388. The monoisotopic (exact) mass is 457 g/mol. The van der Waals surface area contributed by atoms with E-state index in [0.717, 1.165) is 22.8 Å². The predicted molar refractivity (Wildman–Crippen MR) is 145 cm³/mol. The summed E-state index contributed by atoms with van der Waals surface area (Å²) in [6.07, 6.45) is 1.66. The van der Waals surface area contributed by atoms with Gasteiger partial charge in [-0.15, -0.1) is 0 Å². The molecule has 0 radical (unpaired) electrons. The van der Waals surface area contributed by atoms with Gasteiger partial charge in [0.25, 0.3) is 0 Å². The molecule has 182 valence electrons. The number of benzene rings is 2. The Morgan fingerprint density at radius 2 is 0.824 bits per heavy atom. The Bertz CT molecular complexity index is 1090. The van der Waals surface area contributed by atoms with Crippen LogP contribution >= 0.6 is 0 Å². The van der Waals surface area contributed by atoms with Gasteiger partial charge in [-0.2, -0.15) is 0 Å². The summed E-state index contributed by atoms with van der Waals surface area (Å²) in [5, 5.41) is 0. The van der Waals surface area contributed by atoms with Crippen LogP contribution < -0.4 is 0 Å². The Morgan fingerprint density at radius 3 is 1.12 bits per heavy atom. The lowest BCUT2D eigenvalue weighted by Gasteiger charge is -2.28. The molecule has 2 aromatic carbocycles. The summed E-state index contributed by atoms with van der Waals surface area (Å²) >= 11 is 0. The highest BCUT2D eigenvalue weighted by Crippen LogP contribution is 2.38. The molecule has 0 spiro atoms. The van der Waals surface area contributed by atoms with E-state index in [1.807, 2.05) is 0 Å². The van der Waals surface area contributed by atoms with Gasteiger partial charge in [-0.25, -0.2) is 15.0 Å². The molecule has 0 unspecified atom stereocenters. The fourth-order valence-electron chi connectivity index (χ4n) is 4.21. The molecule has 0 aliphatic heterocycles. The van der Waals surface area contributed by atoms with Crippen LogP contribution in [0.25, 0.3) is 22.8 Å². The molecule has 34 heavy (non-hydrogen) atoms. The Hall–Kier alpha value is -2.55. The number of rotatable bonds is 2. The molecule has 1 heterocycles. The molecule has 0 aliphatic rings. The van der Waals surface area contributed by atoms with Crippen LogP contribution in [0.15, 0.2) is 42.7 Å². The molecule has 0 amide bonds. The average molecular weight is 458 g/mol. The minimum atomic E-state index is -0.0334. The van der Waals surface area contributed by atoms with Crippen molar-refractivity contribution in [2.45, 2.75) is 105 Å². The van der Waals surface area contributed by atoms with E-state index in [0.29, 0.717) is 0 Å². The van der Waals surface area contributed by atoms with E-state index in [-0.39, 0.29) is 21.7 Å². The summed E-state index contributed by atoms with van der Waals surface area (Å²) in [6.45, 7) is 27.0. The first-order valence-electron chi connectivity index (χ1n) is 12.4. The van der Waals surface area contributed by atoms with E-state index in [4.69, 9.17) is 4.98 Å². The smallest absolute Gasteiger partial charge is 0.163 e. The zero-order chi connectivity index (χ0) is 25.7. The first-order chi connectivity index (χ1) is 15.4. The highest BCUT2D eigenvalue weighted by atomic mass is 15.0. The fourth-order valence-corrected chi connectivity index (χ4v) is 4.21. The van der Waals surface area contributed by atoms with Crippen LogP contribution in [-0.4, -0.2) is 15.0 Å². The lowest BCUT2D eigenvalue weighted by Crippen LogP contribution is -2.18. The van der Waals surface area contributed by atoms with Gasteiger partial charge in [0.1, 0.15) is 6.33 Å². The number of nitrogens with zero attached hydrogens (tertiary/aromatic N) is 3. The SMILES string of the molecule is CC(C)(C)c1ccc(-c2ncnc(-c3ccc(C(C)(C)C)cc3C(C)(C)C)n2)c(C(C)(C)C)c1. The molecule has 3 heteroatoms. The Labute approximate surface area is 207 Å². The van der Waals surface area contributed by atoms with Crippen molar-refractivity contribution in [1.29, 1.82) is 0 Å². The van der Waals surface area contributed by atoms with Crippen molar-refractivity contribution < 1.29 is 0 Å². The third-order valence-corrected chi connectivity index (χ3v) is 6.44. The Kier molecular flexibility index (Phi) is 6.58. The van der Waals surface area contributed by atoms with Gasteiger partial charge < -0.3 is 0 Å². The zero-order valence-corrected chi connectivity index (χ0v) is 23.4. The van der Waals surface area contributed by atoms with Gasteiger partial charge in [-0.05, 0) is 43.9 Å². The predicted octanol–water partition coefficient (Wildman–Crippen LogP) is 8.40. The van der Waals surface area contributed by atoms with Gasteiger partial charge in [0.15, 0.2) is 11.6 Å². The molecule has 3 nitrogen and oxygen atoms in total. The highest BCUT2D eigenvalue weighted by molar-refractivity contribution is 5.68. The maximum Gasteiger partial charge on any atom is 0.163 e. The van der Waals surface area contributed by atoms with Crippen molar-refractivity contribution in [1.82, 2.24) is 15.0 Å². The van der Waals surface area contributed by atoms with Crippen LogP contribution in [0, 0.1) is 0 Å². The molecule has 0 N–H and O–H groups in total. The third-order valence-electron chi connectivity index (χ3n) is 6.44. The molecule has 0 bridgehead atoms. The maximum atomic E-state index is 5.02. The summed E-state index contributed by atoms with van der Waals surface area (Å²) in [5.74, 6) is 1.46. The molecule has 1 aromatic heterocycles. The van der Waals surface area contributed by atoms with Crippen molar-refractivity contribution >= 4 is 0 Å². The summed E-state index contributed by atoms with van der Waals surface area (Å²) < 4.78 is 0. The Balaban J connectivity index is 2.22. The van der Waals surface area contributed by atoms with E-state index >= 15 is 0 Å². The lowest BCUT2D eigenvalue weighted by atomic mass is 9.78. The fraction of sp³-hybridized carbons (Fsp3) is 0.516. The maximum absolute atomic E-state index is 5.02. The van der Waals surface area contributed by atoms with Crippen LogP contribution in [0.4, 0.5) is 0 Å². The zero-order valence-electron chi connectivity index (χ0n) is 23.4. The minimum Gasteiger partial charge on any atom is -0.216 e. The highest BCUT2D eigenvalue weighted by Gasteiger charge is 2.26. The molecular formula is C31H43N3. The third kappa shape index (κ3) is 5.56. The lowest BCUT2D eigenvalue weighted by molar-refractivity contribution is 0.569. The largest absolute Gasteiger partial charge is 0.216 e. The number of hydrogen-bond acceptors (Lipinski definition) is 3. The van der Waals surface area contributed by atoms with Gasteiger partial charge in [-0.1, -0.05) is 119 Å². The summed E-state index contributed by atoms with van der Waals surface area (Å²) in [5.41, 5.74) is 7.42. The van der Waals surface area contributed by atoms with Gasteiger partial charge >= 0.3 is 0 Å². The number of hydrogen-bond donors (Lipinski definition) is 0. The van der Waals surface area contributed by atoms with Crippen LogP contribution in [-0.2, 0) is 21.7 Å². The molecule has 3 rings (SSSR count). The molecular weight excluding hydrogens is 414 g/mol. The topological polar surface area (TPSA) is 38.7 Å². The van der Waals surface area contributed by atoms with Crippen molar-refractivity contribution in [2.24, 2.45) is 0 Å². The standard InChI is InChI=1S/C31H43N3/c1-28(2,3)20-13-15-22(24(17-20)30(7,8)9)26-32-19-33-27(34-26)23-16-14-21(29(4,5)6)18-25(23)31(10,11)12/h13-19H,1-12H3. The minimum absolute atomic E-state index is 0.0334.